The van der Waals surface area contributed by atoms with Crippen molar-refractivity contribution in [2.24, 2.45) is 7.05 Å². The number of rotatable bonds is 3. The van der Waals surface area contributed by atoms with Crippen LogP contribution in [0.2, 0.25) is 0 Å². The molecule has 0 fully saturated rings. The van der Waals surface area contributed by atoms with E-state index in [1.807, 2.05) is 0 Å². The van der Waals surface area contributed by atoms with Crippen LogP contribution in [-0.2, 0) is 7.05 Å². The first-order valence-electron chi connectivity index (χ1n) is 7.46. The normalized spacial score (nSPS) is 10.7. The highest BCUT2D eigenvalue weighted by Crippen LogP contribution is 2.22. The van der Waals surface area contributed by atoms with Gasteiger partial charge in [0, 0.05) is 13.1 Å². The van der Waals surface area contributed by atoms with E-state index in [2.05, 4.69) is 10.2 Å². The SMILES string of the molecule is Cc1nn(C)c(C)c1OC(=O)c1ccc(=O)n(-c2ccccc2F)n1. The lowest BCUT2D eigenvalue weighted by Crippen LogP contribution is -2.25. The number of hydrogen-bond donors (Lipinski definition) is 0. The number of nitrogens with zero attached hydrogens (tertiary/aromatic N) is 4. The van der Waals surface area contributed by atoms with Gasteiger partial charge in [0.2, 0.25) is 0 Å². The molecule has 0 amide bonds. The molecule has 0 unspecified atom stereocenters. The van der Waals surface area contributed by atoms with Crippen LogP contribution in [0.3, 0.4) is 0 Å². The summed E-state index contributed by atoms with van der Waals surface area (Å²) in [5.41, 5.74) is 0.501. The number of para-hydroxylation sites is 1. The number of esters is 1. The second kappa shape index (κ2) is 6.31. The Balaban J connectivity index is 1.99. The molecule has 0 spiro atoms. The standard InChI is InChI=1S/C17H15FN4O3/c1-10-16(11(2)21(3)19-10)25-17(24)13-8-9-15(23)22(20-13)14-7-5-4-6-12(14)18/h4-9H,1-3H3. The highest BCUT2D eigenvalue weighted by Gasteiger charge is 2.19. The molecule has 0 bridgehead atoms. The van der Waals surface area contributed by atoms with Crippen LogP contribution >= 0.6 is 0 Å². The van der Waals surface area contributed by atoms with Crippen molar-refractivity contribution in [1.29, 1.82) is 0 Å². The highest BCUT2D eigenvalue weighted by molar-refractivity contribution is 5.89. The summed E-state index contributed by atoms with van der Waals surface area (Å²) in [6, 6.07) is 8.04. The number of aryl methyl sites for hydroxylation is 2. The minimum Gasteiger partial charge on any atom is -0.418 e. The Labute approximate surface area is 142 Å². The lowest BCUT2D eigenvalue weighted by atomic mass is 10.3. The van der Waals surface area contributed by atoms with Gasteiger partial charge >= 0.3 is 5.97 Å². The molecular weight excluding hydrogens is 327 g/mol. The zero-order valence-electron chi connectivity index (χ0n) is 13.9. The highest BCUT2D eigenvalue weighted by atomic mass is 19.1. The summed E-state index contributed by atoms with van der Waals surface area (Å²) in [4.78, 5) is 24.4. The predicted octanol–water partition coefficient (Wildman–Crippen LogP) is 1.94. The van der Waals surface area contributed by atoms with Crippen LogP contribution in [-0.4, -0.2) is 25.5 Å². The number of carbonyl (C=O) groups is 1. The van der Waals surface area contributed by atoms with E-state index >= 15 is 0 Å². The summed E-state index contributed by atoms with van der Waals surface area (Å²) >= 11 is 0. The third-order valence-corrected chi connectivity index (χ3v) is 3.73. The third-order valence-electron chi connectivity index (χ3n) is 3.73. The third kappa shape index (κ3) is 3.06. The van der Waals surface area contributed by atoms with E-state index in [0.29, 0.717) is 17.1 Å². The maximum absolute atomic E-state index is 13.9. The van der Waals surface area contributed by atoms with Crippen molar-refractivity contribution in [3.63, 3.8) is 0 Å². The fraction of sp³-hybridized carbons (Fsp3) is 0.176. The first-order valence-corrected chi connectivity index (χ1v) is 7.46. The quantitative estimate of drug-likeness (QED) is 0.680. The molecule has 8 heteroatoms. The van der Waals surface area contributed by atoms with Gasteiger partial charge in [-0.05, 0) is 32.0 Å². The molecular formula is C17H15FN4O3. The zero-order valence-corrected chi connectivity index (χ0v) is 13.9. The molecule has 128 valence electrons. The average molecular weight is 342 g/mol. The monoisotopic (exact) mass is 342 g/mol. The first kappa shape index (κ1) is 16.6. The zero-order chi connectivity index (χ0) is 18.1. The van der Waals surface area contributed by atoms with Crippen LogP contribution in [0.5, 0.6) is 5.75 Å². The largest absolute Gasteiger partial charge is 0.418 e. The molecule has 0 aliphatic rings. The van der Waals surface area contributed by atoms with Crippen LogP contribution in [0.1, 0.15) is 21.9 Å². The molecule has 0 aliphatic heterocycles. The van der Waals surface area contributed by atoms with Gasteiger partial charge in [0.05, 0.1) is 5.69 Å². The molecule has 0 aliphatic carbocycles. The molecule has 0 N–H and O–H groups in total. The summed E-state index contributed by atoms with van der Waals surface area (Å²) in [6.45, 7) is 3.47. The maximum atomic E-state index is 13.9. The summed E-state index contributed by atoms with van der Waals surface area (Å²) in [7, 11) is 1.73. The Morgan fingerprint density at radius 2 is 1.84 bits per heavy atom. The van der Waals surface area contributed by atoms with E-state index < -0.39 is 17.3 Å². The number of carbonyl (C=O) groups excluding carboxylic acids is 1. The van der Waals surface area contributed by atoms with Gasteiger partial charge in [-0.15, -0.1) is 0 Å². The molecule has 2 aromatic heterocycles. The van der Waals surface area contributed by atoms with Gasteiger partial charge in [-0.25, -0.2) is 9.18 Å². The van der Waals surface area contributed by atoms with Crippen molar-refractivity contribution in [1.82, 2.24) is 19.6 Å². The van der Waals surface area contributed by atoms with E-state index in [1.54, 1.807) is 31.6 Å². The Bertz CT molecular complexity index is 1020. The molecule has 3 rings (SSSR count). The molecule has 0 radical (unpaired) electrons. The van der Waals surface area contributed by atoms with Crippen LogP contribution in [0.25, 0.3) is 5.69 Å². The van der Waals surface area contributed by atoms with Gasteiger partial charge in [0.1, 0.15) is 17.2 Å². The molecule has 0 atom stereocenters. The van der Waals surface area contributed by atoms with Crippen molar-refractivity contribution in [3.8, 4) is 11.4 Å². The van der Waals surface area contributed by atoms with Crippen molar-refractivity contribution in [2.75, 3.05) is 0 Å². The van der Waals surface area contributed by atoms with Crippen LogP contribution in [0, 0.1) is 19.7 Å². The van der Waals surface area contributed by atoms with E-state index in [4.69, 9.17) is 4.74 Å². The van der Waals surface area contributed by atoms with Gasteiger partial charge in [-0.2, -0.15) is 14.9 Å². The Kier molecular flexibility index (Phi) is 4.18. The molecule has 3 aromatic rings. The summed E-state index contributed by atoms with van der Waals surface area (Å²) in [5, 5.41) is 8.09. The van der Waals surface area contributed by atoms with Gasteiger partial charge in [-0.1, -0.05) is 12.1 Å². The Morgan fingerprint density at radius 1 is 1.12 bits per heavy atom. The Hall–Kier alpha value is -3.29. The number of halogens is 1. The molecule has 1 aromatic carbocycles. The van der Waals surface area contributed by atoms with Gasteiger partial charge < -0.3 is 4.74 Å². The van der Waals surface area contributed by atoms with Crippen molar-refractivity contribution >= 4 is 5.97 Å². The number of benzene rings is 1. The maximum Gasteiger partial charge on any atom is 0.364 e. The second-order valence-corrected chi connectivity index (χ2v) is 5.43. The molecule has 2 heterocycles. The minimum absolute atomic E-state index is 0.0455. The average Bonchev–Trinajstić information content (AvgIpc) is 2.82. The van der Waals surface area contributed by atoms with Crippen LogP contribution in [0.15, 0.2) is 41.2 Å². The molecule has 0 saturated carbocycles. The van der Waals surface area contributed by atoms with E-state index in [9.17, 15) is 14.0 Å². The second-order valence-electron chi connectivity index (χ2n) is 5.43. The molecule has 25 heavy (non-hydrogen) atoms. The van der Waals surface area contributed by atoms with Crippen molar-refractivity contribution < 1.29 is 13.9 Å². The summed E-state index contributed by atoms with van der Waals surface area (Å²) in [6.07, 6.45) is 0. The number of aromatic nitrogens is 4. The molecule has 0 saturated heterocycles. The number of hydrogen-bond acceptors (Lipinski definition) is 5. The van der Waals surface area contributed by atoms with Crippen molar-refractivity contribution in [2.45, 2.75) is 13.8 Å². The van der Waals surface area contributed by atoms with Crippen LogP contribution < -0.4 is 10.3 Å². The van der Waals surface area contributed by atoms with Crippen molar-refractivity contribution in [3.05, 3.63) is 69.7 Å². The lowest BCUT2D eigenvalue weighted by molar-refractivity contribution is 0.0723. The van der Waals surface area contributed by atoms with Crippen LogP contribution in [0.4, 0.5) is 4.39 Å². The lowest BCUT2D eigenvalue weighted by Gasteiger charge is -2.08. The van der Waals surface area contributed by atoms with E-state index in [1.165, 1.54) is 24.3 Å². The topological polar surface area (TPSA) is 79.0 Å². The fourth-order valence-corrected chi connectivity index (χ4v) is 2.36. The summed E-state index contributed by atoms with van der Waals surface area (Å²) < 4.78 is 21.7. The Morgan fingerprint density at radius 3 is 2.48 bits per heavy atom. The van der Waals surface area contributed by atoms with E-state index in [0.717, 1.165) is 10.7 Å². The smallest absolute Gasteiger partial charge is 0.364 e. The van der Waals surface area contributed by atoms with Gasteiger partial charge in [0.15, 0.2) is 11.4 Å². The fourth-order valence-electron chi connectivity index (χ4n) is 2.36. The predicted molar refractivity (Wildman–Crippen MR) is 87.4 cm³/mol. The van der Waals surface area contributed by atoms with Gasteiger partial charge in [0.25, 0.3) is 5.56 Å². The summed E-state index contributed by atoms with van der Waals surface area (Å²) in [5.74, 6) is -1.05. The minimum atomic E-state index is -0.760. The first-order chi connectivity index (χ1) is 11.9. The van der Waals surface area contributed by atoms with E-state index in [-0.39, 0.29) is 11.4 Å². The number of ether oxygens (including phenoxy) is 1. The molecule has 7 nitrogen and oxygen atoms in total. The van der Waals surface area contributed by atoms with Gasteiger partial charge in [-0.3, -0.25) is 9.48 Å².